The maximum absolute atomic E-state index is 11.9. The second kappa shape index (κ2) is 11.4. The molecule has 124 valence electrons. The molecule has 0 rings (SSSR count). The van der Waals surface area contributed by atoms with Gasteiger partial charge in [0.15, 0.2) is 0 Å². The summed E-state index contributed by atoms with van der Waals surface area (Å²) in [5.74, 6) is -0.402. The number of urea groups is 1. The van der Waals surface area contributed by atoms with Gasteiger partial charge in [-0.1, -0.05) is 19.8 Å². The Labute approximate surface area is 127 Å². The third kappa shape index (κ3) is 9.28. The summed E-state index contributed by atoms with van der Waals surface area (Å²) in [6, 6.07) is -0.0958. The molecule has 2 N–H and O–H groups in total. The van der Waals surface area contributed by atoms with Gasteiger partial charge in [0.2, 0.25) is 0 Å². The standard InChI is InChI=1S/C15H30N2O4/c1-5-6-13(7-8-14(18)19)9-10-16-15(20)17(3)12(2)11-21-4/h12-13H,5-11H2,1-4H3,(H,16,20)(H,18,19). The molecule has 0 aromatic rings. The van der Waals surface area contributed by atoms with Crippen molar-refractivity contribution in [3.63, 3.8) is 0 Å². The van der Waals surface area contributed by atoms with Crippen LogP contribution in [0.15, 0.2) is 0 Å². The Morgan fingerprint density at radius 1 is 1.29 bits per heavy atom. The molecule has 0 radical (unpaired) electrons. The Hall–Kier alpha value is -1.30. The van der Waals surface area contributed by atoms with Gasteiger partial charge >= 0.3 is 12.0 Å². The normalized spacial score (nSPS) is 13.5. The van der Waals surface area contributed by atoms with Gasteiger partial charge in [0.1, 0.15) is 0 Å². The number of nitrogens with zero attached hydrogens (tertiary/aromatic N) is 1. The molecule has 0 heterocycles. The number of carbonyl (C=O) groups is 2. The van der Waals surface area contributed by atoms with Crippen LogP contribution in [-0.4, -0.2) is 55.4 Å². The lowest BCUT2D eigenvalue weighted by Crippen LogP contribution is -2.44. The predicted molar refractivity (Wildman–Crippen MR) is 82.4 cm³/mol. The molecule has 21 heavy (non-hydrogen) atoms. The zero-order valence-electron chi connectivity index (χ0n) is 13.7. The van der Waals surface area contributed by atoms with E-state index in [1.165, 1.54) is 0 Å². The summed E-state index contributed by atoms with van der Waals surface area (Å²) in [5, 5.41) is 11.6. The summed E-state index contributed by atoms with van der Waals surface area (Å²) in [5.41, 5.74) is 0. The number of carboxylic acid groups (broad SMARTS) is 1. The lowest BCUT2D eigenvalue weighted by atomic mass is 9.94. The third-order valence-corrected chi connectivity index (χ3v) is 3.68. The van der Waals surface area contributed by atoms with Crippen molar-refractivity contribution < 1.29 is 19.4 Å². The van der Waals surface area contributed by atoms with Gasteiger partial charge in [0.05, 0.1) is 12.6 Å². The van der Waals surface area contributed by atoms with Crippen molar-refractivity contribution in [3.05, 3.63) is 0 Å². The molecule has 0 aromatic carbocycles. The number of methoxy groups -OCH3 is 1. The first kappa shape index (κ1) is 19.7. The van der Waals surface area contributed by atoms with Crippen molar-refractivity contribution in [1.82, 2.24) is 10.2 Å². The molecule has 0 aliphatic heterocycles. The molecule has 6 nitrogen and oxygen atoms in total. The first-order chi connectivity index (χ1) is 9.92. The van der Waals surface area contributed by atoms with Crippen LogP contribution in [0.3, 0.4) is 0 Å². The van der Waals surface area contributed by atoms with Crippen molar-refractivity contribution >= 4 is 12.0 Å². The molecular weight excluding hydrogens is 272 g/mol. The van der Waals surface area contributed by atoms with Gasteiger partial charge < -0.3 is 20.1 Å². The van der Waals surface area contributed by atoms with E-state index in [0.717, 1.165) is 19.3 Å². The molecular formula is C15H30N2O4. The van der Waals surface area contributed by atoms with Gasteiger partial charge in [0, 0.05) is 27.1 Å². The third-order valence-electron chi connectivity index (χ3n) is 3.68. The summed E-state index contributed by atoms with van der Waals surface area (Å²) in [6.45, 7) is 5.09. The van der Waals surface area contributed by atoms with Crippen LogP contribution in [0.2, 0.25) is 0 Å². The number of hydrogen-bond acceptors (Lipinski definition) is 3. The zero-order valence-corrected chi connectivity index (χ0v) is 13.7. The number of amides is 2. The lowest BCUT2D eigenvalue weighted by molar-refractivity contribution is -0.137. The number of carboxylic acids is 1. The van der Waals surface area contributed by atoms with Crippen LogP contribution in [0.4, 0.5) is 4.79 Å². The number of carbonyl (C=O) groups excluding carboxylic acids is 1. The molecule has 0 aliphatic carbocycles. The first-order valence-electron chi connectivity index (χ1n) is 7.63. The Kier molecular flexibility index (Phi) is 10.7. The predicted octanol–water partition coefficient (Wildman–Crippen LogP) is 2.33. The van der Waals surface area contributed by atoms with E-state index in [-0.39, 0.29) is 18.5 Å². The molecule has 0 spiro atoms. The van der Waals surface area contributed by atoms with E-state index in [1.807, 2.05) is 6.92 Å². The highest BCUT2D eigenvalue weighted by Gasteiger charge is 2.16. The maximum atomic E-state index is 11.9. The first-order valence-corrected chi connectivity index (χ1v) is 7.63. The molecule has 0 saturated carbocycles. The van der Waals surface area contributed by atoms with Gasteiger partial charge in [-0.25, -0.2) is 4.79 Å². The van der Waals surface area contributed by atoms with Crippen LogP contribution in [0, 0.1) is 5.92 Å². The number of nitrogens with one attached hydrogen (secondary N) is 1. The van der Waals surface area contributed by atoms with E-state index in [4.69, 9.17) is 9.84 Å². The number of aliphatic carboxylic acids is 1. The van der Waals surface area contributed by atoms with Gasteiger partial charge in [-0.3, -0.25) is 4.79 Å². The van der Waals surface area contributed by atoms with E-state index >= 15 is 0 Å². The molecule has 2 atom stereocenters. The molecule has 0 saturated heterocycles. The Morgan fingerprint density at radius 3 is 2.48 bits per heavy atom. The van der Waals surface area contributed by atoms with Gasteiger partial charge in [-0.2, -0.15) is 0 Å². The average molecular weight is 302 g/mol. The molecule has 0 fully saturated rings. The van der Waals surface area contributed by atoms with Crippen LogP contribution >= 0.6 is 0 Å². The Morgan fingerprint density at radius 2 is 1.95 bits per heavy atom. The van der Waals surface area contributed by atoms with E-state index in [0.29, 0.717) is 25.5 Å². The highest BCUT2D eigenvalue weighted by molar-refractivity contribution is 5.74. The minimum atomic E-state index is -0.756. The lowest BCUT2D eigenvalue weighted by Gasteiger charge is -2.25. The highest BCUT2D eigenvalue weighted by Crippen LogP contribution is 2.17. The SMILES string of the molecule is CCCC(CCNC(=O)N(C)C(C)COC)CCC(=O)O. The van der Waals surface area contributed by atoms with Crippen molar-refractivity contribution in [1.29, 1.82) is 0 Å². The van der Waals surface area contributed by atoms with Crippen molar-refractivity contribution in [3.8, 4) is 0 Å². The van der Waals surface area contributed by atoms with Crippen molar-refractivity contribution in [2.24, 2.45) is 5.92 Å². The molecule has 2 amide bonds. The monoisotopic (exact) mass is 302 g/mol. The Bertz CT molecular complexity index is 310. The second-order valence-electron chi connectivity index (χ2n) is 5.52. The largest absolute Gasteiger partial charge is 0.481 e. The number of ether oxygens (including phenoxy) is 1. The number of rotatable bonds is 11. The molecule has 0 aliphatic rings. The van der Waals surface area contributed by atoms with E-state index in [2.05, 4.69) is 12.2 Å². The number of likely N-dealkylation sites (N-methyl/N-ethyl adjacent to an activating group) is 1. The fourth-order valence-corrected chi connectivity index (χ4v) is 2.23. The van der Waals surface area contributed by atoms with Crippen molar-refractivity contribution in [2.45, 2.75) is 52.0 Å². The minimum absolute atomic E-state index is 0.0217. The molecule has 0 bridgehead atoms. The minimum Gasteiger partial charge on any atom is -0.481 e. The van der Waals surface area contributed by atoms with E-state index in [9.17, 15) is 9.59 Å². The summed E-state index contributed by atoms with van der Waals surface area (Å²) in [7, 11) is 3.35. The highest BCUT2D eigenvalue weighted by atomic mass is 16.5. The van der Waals surface area contributed by atoms with Crippen LogP contribution in [0.5, 0.6) is 0 Å². The van der Waals surface area contributed by atoms with Gasteiger partial charge in [0.25, 0.3) is 0 Å². The fraction of sp³-hybridized carbons (Fsp3) is 0.867. The quantitative estimate of drug-likeness (QED) is 0.614. The number of hydrogen-bond donors (Lipinski definition) is 2. The van der Waals surface area contributed by atoms with Gasteiger partial charge in [-0.15, -0.1) is 0 Å². The smallest absolute Gasteiger partial charge is 0.317 e. The maximum Gasteiger partial charge on any atom is 0.317 e. The second-order valence-corrected chi connectivity index (χ2v) is 5.52. The average Bonchev–Trinajstić information content (AvgIpc) is 2.43. The van der Waals surface area contributed by atoms with Gasteiger partial charge in [-0.05, 0) is 25.7 Å². The fourth-order valence-electron chi connectivity index (χ4n) is 2.23. The Balaban J connectivity index is 4.06. The van der Waals surface area contributed by atoms with E-state index < -0.39 is 5.97 Å². The molecule has 2 unspecified atom stereocenters. The van der Waals surface area contributed by atoms with Crippen LogP contribution < -0.4 is 5.32 Å². The molecule has 6 heteroatoms. The van der Waals surface area contributed by atoms with Crippen molar-refractivity contribution in [2.75, 3.05) is 27.3 Å². The zero-order chi connectivity index (χ0) is 16.3. The van der Waals surface area contributed by atoms with Crippen LogP contribution in [0.1, 0.15) is 46.0 Å². The summed E-state index contributed by atoms with van der Waals surface area (Å²) in [6.07, 6.45) is 3.72. The van der Waals surface area contributed by atoms with Crippen LogP contribution in [-0.2, 0) is 9.53 Å². The summed E-state index contributed by atoms with van der Waals surface area (Å²) < 4.78 is 5.03. The topological polar surface area (TPSA) is 78.9 Å². The van der Waals surface area contributed by atoms with Crippen LogP contribution in [0.25, 0.3) is 0 Å². The van der Waals surface area contributed by atoms with E-state index in [1.54, 1.807) is 19.1 Å². The summed E-state index contributed by atoms with van der Waals surface area (Å²) in [4.78, 5) is 24.2. The molecule has 0 aromatic heterocycles. The summed E-state index contributed by atoms with van der Waals surface area (Å²) >= 11 is 0.